The number of benzene rings is 2. The summed E-state index contributed by atoms with van der Waals surface area (Å²) >= 11 is 0. The van der Waals surface area contributed by atoms with E-state index in [0.29, 0.717) is 18.4 Å². The van der Waals surface area contributed by atoms with E-state index in [4.69, 9.17) is 9.47 Å². The standard InChI is InChI=1S/C21H24N4O2/c1-4-26-18-11-7-5-9-16(18)23-20-13-14-22-21(25-20)24-17-10-6-8-12-19(17)27-15(2)3/h5-15H,4H2,1-3H3,(H2,22,23,24,25). The number of nitrogens with one attached hydrogen (secondary N) is 2. The van der Waals surface area contributed by atoms with Gasteiger partial charge in [0.2, 0.25) is 5.95 Å². The first-order valence-corrected chi connectivity index (χ1v) is 9.00. The molecule has 140 valence electrons. The van der Waals surface area contributed by atoms with Crippen LogP contribution in [0.4, 0.5) is 23.1 Å². The number of ether oxygens (including phenoxy) is 2. The molecule has 0 radical (unpaired) electrons. The number of para-hydroxylation sites is 4. The Hall–Kier alpha value is -3.28. The largest absolute Gasteiger partial charge is 0.492 e. The zero-order chi connectivity index (χ0) is 19.1. The maximum absolute atomic E-state index is 5.84. The second-order valence-electron chi connectivity index (χ2n) is 6.11. The van der Waals surface area contributed by atoms with E-state index in [-0.39, 0.29) is 6.10 Å². The molecule has 3 rings (SSSR count). The quantitative estimate of drug-likeness (QED) is 0.576. The maximum atomic E-state index is 5.84. The Morgan fingerprint density at radius 3 is 2.26 bits per heavy atom. The van der Waals surface area contributed by atoms with Crippen LogP contribution in [0.3, 0.4) is 0 Å². The molecule has 3 aromatic rings. The summed E-state index contributed by atoms with van der Waals surface area (Å²) in [6.07, 6.45) is 1.78. The van der Waals surface area contributed by atoms with Crippen LogP contribution >= 0.6 is 0 Å². The highest BCUT2D eigenvalue weighted by atomic mass is 16.5. The smallest absolute Gasteiger partial charge is 0.229 e. The summed E-state index contributed by atoms with van der Waals surface area (Å²) in [4.78, 5) is 8.85. The molecule has 0 atom stereocenters. The van der Waals surface area contributed by atoms with Crippen LogP contribution in [0.5, 0.6) is 11.5 Å². The number of rotatable bonds is 8. The van der Waals surface area contributed by atoms with E-state index in [1.807, 2.05) is 75.4 Å². The number of hydrogen-bond donors (Lipinski definition) is 2. The van der Waals surface area contributed by atoms with Crippen LogP contribution in [0.25, 0.3) is 0 Å². The lowest BCUT2D eigenvalue weighted by molar-refractivity contribution is 0.244. The first-order valence-electron chi connectivity index (χ1n) is 9.00. The molecule has 27 heavy (non-hydrogen) atoms. The van der Waals surface area contributed by atoms with Gasteiger partial charge in [-0.15, -0.1) is 0 Å². The van der Waals surface area contributed by atoms with E-state index in [1.165, 1.54) is 0 Å². The van der Waals surface area contributed by atoms with Gasteiger partial charge in [0.25, 0.3) is 0 Å². The van der Waals surface area contributed by atoms with Crippen molar-refractivity contribution < 1.29 is 9.47 Å². The highest BCUT2D eigenvalue weighted by Crippen LogP contribution is 2.29. The third-order valence-electron chi connectivity index (χ3n) is 3.60. The van der Waals surface area contributed by atoms with Crippen LogP contribution in [0.15, 0.2) is 60.8 Å². The first-order chi connectivity index (χ1) is 13.2. The predicted octanol–water partition coefficient (Wildman–Crippen LogP) is 5.15. The van der Waals surface area contributed by atoms with Crippen LogP contribution < -0.4 is 20.1 Å². The molecule has 1 heterocycles. The SMILES string of the molecule is CCOc1ccccc1Nc1ccnc(Nc2ccccc2OC(C)C)n1. The van der Waals surface area contributed by atoms with Gasteiger partial charge in [-0.2, -0.15) is 4.98 Å². The van der Waals surface area contributed by atoms with Gasteiger partial charge < -0.3 is 20.1 Å². The van der Waals surface area contributed by atoms with Crippen LogP contribution in [-0.4, -0.2) is 22.7 Å². The average Bonchev–Trinajstić information content (AvgIpc) is 2.65. The highest BCUT2D eigenvalue weighted by Gasteiger charge is 2.08. The van der Waals surface area contributed by atoms with Gasteiger partial charge in [-0.1, -0.05) is 24.3 Å². The second-order valence-corrected chi connectivity index (χ2v) is 6.11. The molecule has 0 fully saturated rings. The molecule has 0 aliphatic heterocycles. The first kappa shape index (κ1) is 18.5. The Morgan fingerprint density at radius 2 is 1.56 bits per heavy atom. The van der Waals surface area contributed by atoms with Crippen molar-refractivity contribution in [2.75, 3.05) is 17.2 Å². The van der Waals surface area contributed by atoms with Crippen LogP contribution in [0.2, 0.25) is 0 Å². The summed E-state index contributed by atoms with van der Waals surface area (Å²) in [6, 6.07) is 17.3. The Labute approximate surface area is 159 Å². The van der Waals surface area contributed by atoms with Crippen LogP contribution in [0, 0.1) is 0 Å². The minimum Gasteiger partial charge on any atom is -0.492 e. The van der Waals surface area contributed by atoms with Gasteiger partial charge in [0.05, 0.1) is 24.1 Å². The molecule has 0 aliphatic rings. The fourth-order valence-corrected chi connectivity index (χ4v) is 2.52. The molecule has 0 amide bonds. The van der Waals surface area contributed by atoms with Crippen molar-refractivity contribution in [1.82, 2.24) is 9.97 Å². The fraction of sp³-hybridized carbons (Fsp3) is 0.238. The molecule has 1 aromatic heterocycles. The third-order valence-corrected chi connectivity index (χ3v) is 3.60. The maximum Gasteiger partial charge on any atom is 0.229 e. The average molecular weight is 364 g/mol. The van der Waals surface area contributed by atoms with E-state index < -0.39 is 0 Å². The molecule has 0 bridgehead atoms. The van der Waals surface area contributed by atoms with Crippen molar-refractivity contribution in [2.45, 2.75) is 26.9 Å². The number of nitrogens with zero attached hydrogens (tertiary/aromatic N) is 2. The molecule has 0 unspecified atom stereocenters. The Balaban J connectivity index is 1.79. The van der Waals surface area contributed by atoms with Crippen molar-refractivity contribution in [1.29, 1.82) is 0 Å². The lowest BCUT2D eigenvalue weighted by Gasteiger charge is -2.15. The Bertz CT molecular complexity index is 883. The Kier molecular flexibility index (Phi) is 6.10. The van der Waals surface area contributed by atoms with Gasteiger partial charge in [-0.25, -0.2) is 4.98 Å². The van der Waals surface area contributed by atoms with Gasteiger partial charge in [0.1, 0.15) is 17.3 Å². The van der Waals surface area contributed by atoms with E-state index in [9.17, 15) is 0 Å². The molecule has 2 N–H and O–H groups in total. The van der Waals surface area contributed by atoms with Crippen LogP contribution in [-0.2, 0) is 0 Å². The predicted molar refractivity (Wildman–Crippen MR) is 108 cm³/mol. The molecular weight excluding hydrogens is 340 g/mol. The Morgan fingerprint density at radius 1 is 0.889 bits per heavy atom. The van der Waals surface area contributed by atoms with Crippen molar-refractivity contribution >= 4 is 23.1 Å². The number of anilines is 4. The second kappa shape index (κ2) is 8.89. The number of hydrogen-bond acceptors (Lipinski definition) is 6. The molecule has 0 saturated heterocycles. The topological polar surface area (TPSA) is 68.3 Å². The highest BCUT2D eigenvalue weighted by molar-refractivity contribution is 5.66. The minimum atomic E-state index is 0.0805. The summed E-state index contributed by atoms with van der Waals surface area (Å²) in [5.74, 6) is 2.69. The van der Waals surface area contributed by atoms with E-state index in [0.717, 1.165) is 22.9 Å². The fourth-order valence-electron chi connectivity index (χ4n) is 2.52. The lowest BCUT2D eigenvalue weighted by atomic mass is 10.3. The summed E-state index contributed by atoms with van der Waals surface area (Å²) in [5.41, 5.74) is 1.67. The molecular formula is C21H24N4O2. The molecule has 0 aliphatic carbocycles. The zero-order valence-corrected chi connectivity index (χ0v) is 15.8. The van der Waals surface area contributed by atoms with E-state index in [2.05, 4.69) is 20.6 Å². The van der Waals surface area contributed by atoms with Gasteiger partial charge in [-0.3, -0.25) is 0 Å². The molecule has 6 nitrogen and oxygen atoms in total. The van der Waals surface area contributed by atoms with Crippen LogP contribution in [0.1, 0.15) is 20.8 Å². The summed E-state index contributed by atoms with van der Waals surface area (Å²) in [6.45, 7) is 6.54. The van der Waals surface area contributed by atoms with Crippen molar-refractivity contribution in [3.05, 3.63) is 60.8 Å². The van der Waals surface area contributed by atoms with Crippen molar-refractivity contribution in [3.63, 3.8) is 0 Å². The van der Waals surface area contributed by atoms with Crippen molar-refractivity contribution in [2.24, 2.45) is 0 Å². The summed E-state index contributed by atoms with van der Waals surface area (Å²) in [5, 5.41) is 6.51. The molecule has 0 saturated carbocycles. The monoisotopic (exact) mass is 364 g/mol. The summed E-state index contributed by atoms with van der Waals surface area (Å²) < 4.78 is 11.5. The minimum absolute atomic E-state index is 0.0805. The van der Waals surface area contributed by atoms with Gasteiger partial charge >= 0.3 is 0 Å². The summed E-state index contributed by atoms with van der Waals surface area (Å²) in [7, 11) is 0. The lowest BCUT2D eigenvalue weighted by Crippen LogP contribution is -2.08. The zero-order valence-electron chi connectivity index (χ0n) is 15.8. The van der Waals surface area contributed by atoms with Gasteiger partial charge in [-0.05, 0) is 51.1 Å². The molecule has 2 aromatic carbocycles. The van der Waals surface area contributed by atoms with E-state index >= 15 is 0 Å². The molecule has 0 spiro atoms. The molecule has 6 heteroatoms. The van der Waals surface area contributed by atoms with Crippen molar-refractivity contribution in [3.8, 4) is 11.5 Å². The van der Waals surface area contributed by atoms with Gasteiger partial charge in [0, 0.05) is 6.20 Å². The number of aromatic nitrogens is 2. The third kappa shape index (κ3) is 5.10. The normalized spacial score (nSPS) is 10.5. The van der Waals surface area contributed by atoms with E-state index in [1.54, 1.807) is 6.20 Å². The van der Waals surface area contributed by atoms with Gasteiger partial charge in [0.15, 0.2) is 0 Å².